The van der Waals surface area contributed by atoms with Gasteiger partial charge >= 0.3 is 0 Å². The predicted octanol–water partition coefficient (Wildman–Crippen LogP) is 3.65. The molecule has 0 spiro atoms. The normalized spacial score (nSPS) is 11.4. The maximum atomic E-state index is 12.6. The minimum Gasteiger partial charge on any atom is -0.399 e. The molecule has 0 saturated heterocycles. The molecule has 2 aromatic carbocycles. The number of nitrogens with one attached hydrogen (secondary N) is 1. The fraction of sp³-hybridized carbons (Fsp3) is 0.200. The second-order valence-corrected chi connectivity index (χ2v) is 7.06. The zero-order chi connectivity index (χ0) is 15.8. The minimum atomic E-state index is -3.75. The number of sulfonamides is 1. The number of nitrogen functional groups attached to an aromatic ring is 1. The molecule has 0 fully saturated rings. The molecule has 2 rings (SSSR count). The molecule has 4 nitrogen and oxygen atoms in total. The number of anilines is 2. The van der Waals surface area contributed by atoms with Crippen molar-refractivity contribution in [1.82, 2.24) is 0 Å². The van der Waals surface area contributed by atoms with E-state index in [0.717, 1.165) is 11.1 Å². The van der Waals surface area contributed by atoms with Gasteiger partial charge in [-0.25, -0.2) is 8.42 Å². The molecule has 0 unspecified atom stereocenters. The van der Waals surface area contributed by atoms with Gasteiger partial charge in [-0.3, -0.25) is 4.72 Å². The van der Waals surface area contributed by atoms with Crippen LogP contribution in [0, 0.1) is 20.8 Å². The summed E-state index contributed by atoms with van der Waals surface area (Å²) in [4.78, 5) is 0.166. The van der Waals surface area contributed by atoms with E-state index in [9.17, 15) is 8.42 Å². The van der Waals surface area contributed by atoms with Crippen LogP contribution in [-0.4, -0.2) is 8.42 Å². The Morgan fingerprint density at radius 1 is 1.10 bits per heavy atom. The minimum absolute atomic E-state index is 0.166. The van der Waals surface area contributed by atoms with Gasteiger partial charge in [-0.05, 0) is 55.7 Å². The molecule has 3 N–H and O–H groups in total. The van der Waals surface area contributed by atoms with Crippen molar-refractivity contribution in [2.75, 3.05) is 10.5 Å². The van der Waals surface area contributed by atoms with Crippen LogP contribution in [0.2, 0.25) is 5.02 Å². The van der Waals surface area contributed by atoms with Gasteiger partial charge in [0.05, 0.1) is 15.6 Å². The molecule has 21 heavy (non-hydrogen) atoms. The van der Waals surface area contributed by atoms with Gasteiger partial charge in [-0.15, -0.1) is 0 Å². The Hall–Kier alpha value is -1.72. The zero-order valence-electron chi connectivity index (χ0n) is 12.1. The average molecular weight is 325 g/mol. The molecule has 0 bridgehead atoms. The van der Waals surface area contributed by atoms with Crippen LogP contribution in [0.4, 0.5) is 11.4 Å². The Kier molecular flexibility index (Phi) is 4.16. The molecule has 0 aliphatic rings. The lowest BCUT2D eigenvalue weighted by molar-refractivity contribution is 0.600. The molecule has 0 aliphatic heterocycles. The molecule has 6 heteroatoms. The Balaban J connectivity index is 2.54. The first-order chi connectivity index (χ1) is 9.72. The summed E-state index contributed by atoms with van der Waals surface area (Å²) in [6.45, 7) is 5.37. The van der Waals surface area contributed by atoms with Crippen molar-refractivity contribution in [3.8, 4) is 0 Å². The molecular formula is C15H17ClN2O2S. The lowest BCUT2D eigenvalue weighted by Crippen LogP contribution is -2.16. The summed E-state index contributed by atoms with van der Waals surface area (Å²) in [5.74, 6) is 0. The van der Waals surface area contributed by atoms with Crippen LogP contribution < -0.4 is 10.5 Å². The van der Waals surface area contributed by atoms with Gasteiger partial charge in [0.1, 0.15) is 0 Å². The highest BCUT2D eigenvalue weighted by Gasteiger charge is 2.20. The highest BCUT2D eigenvalue weighted by Crippen LogP contribution is 2.30. The Morgan fingerprint density at radius 3 is 2.38 bits per heavy atom. The van der Waals surface area contributed by atoms with E-state index in [1.807, 2.05) is 6.92 Å². The van der Waals surface area contributed by atoms with Gasteiger partial charge in [-0.1, -0.05) is 23.7 Å². The van der Waals surface area contributed by atoms with Crippen LogP contribution in [0.1, 0.15) is 16.7 Å². The van der Waals surface area contributed by atoms with Crippen LogP contribution in [0.5, 0.6) is 0 Å². The number of halogens is 1. The molecular weight excluding hydrogens is 308 g/mol. The van der Waals surface area contributed by atoms with Crippen molar-refractivity contribution in [2.24, 2.45) is 0 Å². The Labute approximate surface area is 130 Å². The number of rotatable bonds is 3. The lowest BCUT2D eigenvalue weighted by atomic mass is 10.1. The maximum absolute atomic E-state index is 12.6. The third-order valence-electron chi connectivity index (χ3n) is 3.39. The quantitative estimate of drug-likeness (QED) is 0.846. The van der Waals surface area contributed by atoms with Crippen molar-refractivity contribution >= 4 is 33.0 Å². The summed E-state index contributed by atoms with van der Waals surface area (Å²) in [6.07, 6.45) is 0. The molecule has 0 radical (unpaired) electrons. The van der Waals surface area contributed by atoms with Crippen molar-refractivity contribution in [2.45, 2.75) is 25.7 Å². The summed E-state index contributed by atoms with van der Waals surface area (Å²) < 4.78 is 27.8. The molecule has 0 aliphatic carbocycles. The maximum Gasteiger partial charge on any atom is 0.262 e. The summed E-state index contributed by atoms with van der Waals surface area (Å²) in [5.41, 5.74) is 8.81. The summed E-state index contributed by atoms with van der Waals surface area (Å²) in [5, 5.41) is 0.358. The number of hydrogen-bond acceptors (Lipinski definition) is 3. The predicted molar refractivity (Wildman–Crippen MR) is 87.3 cm³/mol. The van der Waals surface area contributed by atoms with Gasteiger partial charge < -0.3 is 5.73 Å². The first kappa shape index (κ1) is 15.7. The van der Waals surface area contributed by atoms with Crippen LogP contribution in [0.3, 0.4) is 0 Å². The van der Waals surface area contributed by atoms with Gasteiger partial charge in [0.15, 0.2) is 0 Å². The van der Waals surface area contributed by atoms with Crippen molar-refractivity contribution in [1.29, 1.82) is 0 Å². The molecule has 0 heterocycles. The van der Waals surface area contributed by atoms with Crippen LogP contribution in [0.15, 0.2) is 35.2 Å². The van der Waals surface area contributed by atoms with E-state index < -0.39 is 10.0 Å². The molecule has 0 atom stereocenters. The number of hydrogen-bond donors (Lipinski definition) is 2. The highest BCUT2D eigenvalue weighted by molar-refractivity contribution is 7.92. The largest absolute Gasteiger partial charge is 0.399 e. The van der Waals surface area contributed by atoms with E-state index in [-0.39, 0.29) is 4.90 Å². The van der Waals surface area contributed by atoms with E-state index in [1.165, 1.54) is 6.07 Å². The standard InChI is InChI=1S/C15H17ClN2O2S/c1-9-5-4-6-13(16)15(9)18-21(19,20)14-8-12(17)7-10(2)11(14)3/h4-8,18H,17H2,1-3H3. The van der Waals surface area contributed by atoms with Gasteiger partial charge in [0, 0.05) is 5.69 Å². The van der Waals surface area contributed by atoms with Crippen molar-refractivity contribution in [3.05, 3.63) is 52.0 Å². The number of nitrogens with two attached hydrogens (primary N) is 1. The number of benzene rings is 2. The first-order valence-electron chi connectivity index (χ1n) is 6.37. The molecule has 112 valence electrons. The summed E-state index contributed by atoms with van der Waals surface area (Å²) >= 11 is 6.07. The molecule has 0 saturated carbocycles. The third-order valence-corrected chi connectivity index (χ3v) is 5.18. The average Bonchev–Trinajstić information content (AvgIpc) is 2.38. The monoisotopic (exact) mass is 324 g/mol. The van der Waals surface area contributed by atoms with Crippen LogP contribution >= 0.6 is 11.6 Å². The second-order valence-electron chi connectivity index (χ2n) is 5.00. The van der Waals surface area contributed by atoms with Gasteiger partial charge in [0.2, 0.25) is 0 Å². The first-order valence-corrected chi connectivity index (χ1v) is 8.23. The van der Waals surface area contributed by atoms with Crippen LogP contribution in [-0.2, 0) is 10.0 Å². The van der Waals surface area contributed by atoms with E-state index in [0.29, 0.717) is 22.0 Å². The highest BCUT2D eigenvalue weighted by atomic mass is 35.5. The van der Waals surface area contributed by atoms with E-state index in [1.54, 1.807) is 38.1 Å². The smallest absolute Gasteiger partial charge is 0.262 e. The SMILES string of the molecule is Cc1cc(N)cc(S(=O)(=O)Nc2c(C)cccc2Cl)c1C. The number of para-hydroxylation sites is 1. The van der Waals surface area contributed by atoms with Crippen molar-refractivity contribution < 1.29 is 8.42 Å². The van der Waals surface area contributed by atoms with Gasteiger partial charge in [-0.2, -0.15) is 0 Å². The Morgan fingerprint density at radius 2 is 1.76 bits per heavy atom. The van der Waals surface area contributed by atoms with Crippen LogP contribution in [0.25, 0.3) is 0 Å². The van der Waals surface area contributed by atoms with Gasteiger partial charge in [0.25, 0.3) is 10.0 Å². The Bertz CT molecular complexity index is 781. The van der Waals surface area contributed by atoms with E-state index in [2.05, 4.69) is 4.72 Å². The van der Waals surface area contributed by atoms with E-state index in [4.69, 9.17) is 17.3 Å². The van der Waals surface area contributed by atoms with E-state index >= 15 is 0 Å². The fourth-order valence-electron chi connectivity index (χ4n) is 2.08. The lowest BCUT2D eigenvalue weighted by Gasteiger charge is -2.15. The molecule has 2 aromatic rings. The molecule has 0 amide bonds. The third kappa shape index (κ3) is 3.14. The summed E-state index contributed by atoms with van der Waals surface area (Å²) in [6, 6.07) is 8.41. The fourth-order valence-corrected chi connectivity index (χ4v) is 3.91. The number of aryl methyl sites for hydroxylation is 2. The zero-order valence-corrected chi connectivity index (χ0v) is 13.6. The second kappa shape index (κ2) is 5.58. The summed E-state index contributed by atoms with van der Waals surface area (Å²) in [7, 11) is -3.75. The molecule has 0 aromatic heterocycles. The van der Waals surface area contributed by atoms with Crippen molar-refractivity contribution in [3.63, 3.8) is 0 Å². The topological polar surface area (TPSA) is 72.2 Å².